The number of carbonyl (C=O) groups is 1. The number of carbonyl (C=O) groups excluding carboxylic acids is 1. The Bertz CT molecular complexity index is 703. The number of nitro benzene ring substituents is 1. The Balaban J connectivity index is 2.20. The van der Waals surface area contributed by atoms with Crippen molar-refractivity contribution in [2.24, 2.45) is 0 Å². The smallest absolute Gasteiger partial charge is 0.300 e. The van der Waals surface area contributed by atoms with Gasteiger partial charge in [-0.15, -0.1) is 0 Å². The molecule has 0 radical (unpaired) electrons. The van der Waals surface area contributed by atoms with Crippen LogP contribution < -0.4 is 5.32 Å². The molecule has 0 saturated carbocycles. The van der Waals surface area contributed by atoms with Crippen molar-refractivity contribution in [3.63, 3.8) is 0 Å². The molecule has 2 rings (SSSR count). The second-order valence-electron chi connectivity index (χ2n) is 4.20. The molecule has 0 atom stereocenters. The van der Waals surface area contributed by atoms with Crippen molar-refractivity contribution in [2.45, 2.75) is 6.54 Å². The number of amides is 1. The highest BCUT2D eigenvalue weighted by atomic mass is 35.5. The molecule has 1 amide bonds. The van der Waals surface area contributed by atoms with Crippen LogP contribution in [0.3, 0.4) is 0 Å². The molecule has 0 saturated heterocycles. The van der Waals surface area contributed by atoms with Crippen molar-refractivity contribution in [1.82, 2.24) is 5.32 Å². The summed E-state index contributed by atoms with van der Waals surface area (Å²) in [6.45, 7) is 0.0508. The van der Waals surface area contributed by atoms with Gasteiger partial charge in [0.25, 0.3) is 5.91 Å². The Kier molecular flexibility index (Phi) is 4.39. The Morgan fingerprint density at radius 3 is 2.62 bits per heavy atom. The first-order valence-electron chi connectivity index (χ1n) is 5.98. The van der Waals surface area contributed by atoms with Crippen LogP contribution in [0, 0.1) is 10.1 Å². The number of nitrogens with zero attached hydrogens (tertiary/aromatic N) is 1. The molecule has 0 fully saturated rings. The van der Waals surface area contributed by atoms with Gasteiger partial charge in [-0.3, -0.25) is 14.9 Å². The van der Waals surface area contributed by atoms with Gasteiger partial charge in [-0.05, 0) is 18.2 Å². The highest BCUT2D eigenvalue weighted by Gasteiger charge is 2.23. The minimum absolute atomic E-state index is 0.0402. The second-order valence-corrected chi connectivity index (χ2v) is 4.61. The number of hydrogen-bond donors (Lipinski definition) is 2. The molecule has 21 heavy (non-hydrogen) atoms. The number of phenols is 1. The van der Waals surface area contributed by atoms with Crippen molar-refractivity contribution in [3.8, 4) is 5.75 Å². The summed E-state index contributed by atoms with van der Waals surface area (Å²) in [5.74, 6) is -0.592. The average Bonchev–Trinajstić information content (AvgIpc) is 2.45. The Labute approximate surface area is 125 Å². The first-order chi connectivity index (χ1) is 10.0. The standard InChI is InChI=1S/C14H11ClN2O4/c15-11-6-3-5-10(13(11)17(20)21)14(19)16-8-9-4-1-2-7-12(9)18/h1-7,18H,8H2,(H,16,19). The van der Waals surface area contributed by atoms with Crippen molar-refractivity contribution >= 4 is 23.2 Å². The first-order valence-corrected chi connectivity index (χ1v) is 6.36. The van der Waals surface area contributed by atoms with E-state index in [4.69, 9.17) is 11.6 Å². The summed E-state index contributed by atoms with van der Waals surface area (Å²) in [5.41, 5.74) is -0.0487. The van der Waals surface area contributed by atoms with E-state index in [9.17, 15) is 20.0 Å². The second kappa shape index (κ2) is 6.23. The Hall–Kier alpha value is -2.60. The lowest BCUT2D eigenvalue weighted by molar-refractivity contribution is -0.385. The van der Waals surface area contributed by atoms with Crippen molar-refractivity contribution < 1.29 is 14.8 Å². The fraction of sp³-hybridized carbons (Fsp3) is 0.0714. The molecular weight excluding hydrogens is 296 g/mol. The number of rotatable bonds is 4. The molecule has 0 aliphatic carbocycles. The number of nitrogens with one attached hydrogen (secondary N) is 1. The molecule has 0 bridgehead atoms. The number of hydrogen-bond acceptors (Lipinski definition) is 4. The zero-order chi connectivity index (χ0) is 15.4. The fourth-order valence-corrected chi connectivity index (χ4v) is 2.06. The summed E-state index contributed by atoms with van der Waals surface area (Å²) < 4.78 is 0. The molecule has 108 valence electrons. The summed E-state index contributed by atoms with van der Waals surface area (Å²) in [6, 6.07) is 10.6. The quantitative estimate of drug-likeness (QED) is 0.671. The maximum atomic E-state index is 12.1. The van der Waals surface area contributed by atoms with E-state index in [2.05, 4.69) is 5.32 Å². The van der Waals surface area contributed by atoms with Gasteiger partial charge in [-0.1, -0.05) is 35.9 Å². The van der Waals surface area contributed by atoms with Gasteiger partial charge in [0.05, 0.1) is 4.92 Å². The minimum atomic E-state index is -0.697. The van der Waals surface area contributed by atoms with Gasteiger partial charge in [0, 0.05) is 12.1 Å². The van der Waals surface area contributed by atoms with Crippen molar-refractivity contribution in [2.75, 3.05) is 0 Å². The molecule has 0 unspecified atom stereocenters. The zero-order valence-corrected chi connectivity index (χ0v) is 11.5. The van der Waals surface area contributed by atoms with Gasteiger partial charge in [-0.2, -0.15) is 0 Å². The van der Waals surface area contributed by atoms with Crippen LogP contribution in [-0.2, 0) is 6.54 Å². The molecule has 0 aromatic heterocycles. The molecule has 2 aromatic rings. The lowest BCUT2D eigenvalue weighted by Crippen LogP contribution is -2.23. The number of aromatic hydroxyl groups is 1. The van der Waals surface area contributed by atoms with Gasteiger partial charge in [0.2, 0.25) is 0 Å². The third-order valence-corrected chi connectivity index (χ3v) is 3.15. The van der Waals surface area contributed by atoms with Crippen LogP contribution in [0.25, 0.3) is 0 Å². The van der Waals surface area contributed by atoms with E-state index in [1.54, 1.807) is 18.2 Å². The largest absolute Gasteiger partial charge is 0.508 e. The third-order valence-electron chi connectivity index (χ3n) is 2.84. The van der Waals surface area contributed by atoms with Crippen LogP contribution in [0.15, 0.2) is 42.5 Å². The number of nitro groups is 1. The lowest BCUT2D eigenvalue weighted by Gasteiger charge is -2.08. The van der Waals surface area contributed by atoms with Crippen LogP contribution in [0.4, 0.5) is 5.69 Å². The van der Waals surface area contributed by atoms with E-state index in [-0.39, 0.29) is 22.9 Å². The summed E-state index contributed by atoms with van der Waals surface area (Å²) >= 11 is 5.75. The highest BCUT2D eigenvalue weighted by Crippen LogP contribution is 2.28. The monoisotopic (exact) mass is 306 g/mol. The van der Waals surface area contributed by atoms with E-state index in [1.165, 1.54) is 24.3 Å². The van der Waals surface area contributed by atoms with Gasteiger partial charge >= 0.3 is 5.69 Å². The van der Waals surface area contributed by atoms with Crippen molar-refractivity contribution in [1.29, 1.82) is 0 Å². The van der Waals surface area contributed by atoms with Crippen LogP contribution in [0.1, 0.15) is 15.9 Å². The number of para-hydroxylation sites is 2. The Morgan fingerprint density at radius 1 is 1.24 bits per heavy atom. The van der Waals surface area contributed by atoms with Crippen LogP contribution >= 0.6 is 11.6 Å². The van der Waals surface area contributed by atoms with E-state index < -0.39 is 16.5 Å². The molecule has 2 N–H and O–H groups in total. The maximum absolute atomic E-state index is 12.1. The SMILES string of the molecule is O=C(NCc1ccccc1O)c1cccc(Cl)c1[N+](=O)[O-]. The molecular formula is C14H11ClN2O4. The zero-order valence-electron chi connectivity index (χ0n) is 10.7. The lowest BCUT2D eigenvalue weighted by atomic mass is 10.1. The van der Waals surface area contributed by atoms with Gasteiger partial charge in [0.15, 0.2) is 0 Å². The van der Waals surface area contributed by atoms with E-state index in [1.807, 2.05) is 0 Å². The normalized spacial score (nSPS) is 10.1. The van der Waals surface area contributed by atoms with Crippen LogP contribution in [0.2, 0.25) is 5.02 Å². The number of phenolic OH excluding ortho intramolecular Hbond substituents is 1. The molecule has 2 aromatic carbocycles. The summed E-state index contributed by atoms with van der Waals surface area (Å²) in [4.78, 5) is 22.3. The Morgan fingerprint density at radius 2 is 1.95 bits per heavy atom. The van der Waals surface area contributed by atoms with Crippen LogP contribution in [-0.4, -0.2) is 15.9 Å². The number of benzene rings is 2. The van der Waals surface area contributed by atoms with Gasteiger partial charge in [-0.25, -0.2) is 0 Å². The predicted molar refractivity (Wildman–Crippen MR) is 77.4 cm³/mol. The van der Waals surface area contributed by atoms with Crippen LogP contribution in [0.5, 0.6) is 5.75 Å². The molecule has 0 aliphatic heterocycles. The minimum Gasteiger partial charge on any atom is -0.508 e. The predicted octanol–water partition coefficient (Wildman–Crippen LogP) is 2.88. The molecule has 6 nitrogen and oxygen atoms in total. The van der Waals surface area contributed by atoms with Gasteiger partial charge < -0.3 is 10.4 Å². The third kappa shape index (κ3) is 3.29. The molecule has 0 spiro atoms. The molecule has 0 heterocycles. The first kappa shape index (κ1) is 14.8. The summed E-state index contributed by atoms with van der Waals surface area (Å²) in [5, 5.41) is 23.0. The van der Waals surface area contributed by atoms with Crippen molar-refractivity contribution in [3.05, 3.63) is 68.7 Å². The number of halogens is 1. The summed E-state index contributed by atoms with van der Waals surface area (Å²) in [6.07, 6.45) is 0. The molecule has 7 heteroatoms. The van der Waals surface area contributed by atoms with E-state index in [0.29, 0.717) is 5.56 Å². The summed E-state index contributed by atoms with van der Waals surface area (Å²) in [7, 11) is 0. The topological polar surface area (TPSA) is 92.5 Å². The fourth-order valence-electron chi connectivity index (χ4n) is 1.82. The average molecular weight is 307 g/mol. The van der Waals surface area contributed by atoms with E-state index in [0.717, 1.165) is 0 Å². The maximum Gasteiger partial charge on any atom is 0.300 e. The van der Waals surface area contributed by atoms with Gasteiger partial charge in [0.1, 0.15) is 16.3 Å². The highest BCUT2D eigenvalue weighted by molar-refractivity contribution is 6.33. The molecule has 0 aliphatic rings. The van der Waals surface area contributed by atoms with E-state index >= 15 is 0 Å².